The monoisotopic (exact) mass is 469 g/mol. The number of nitrogens with one attached hydrogen (secondary N) is 3. The molecule has 0 spiro atoms. The highest BCUT2D eigenvalue weighted by Gasteiger charge is 2.27. The molecule has 4 N–H and O–H groups in total. The first-order valence-corrected chi connectivity index (χ1v) is 11.9. The van der Waals surface area contributed by atoms with E-state index in [4.69, 9.17) is 4.74 Å². The number of hydrogen-bond donors (Lipinski definition) is 4. The maximum Gasteiger partial charge on any atom is 0.408 e. The molecule has 0 aliphatic rings. The van der Waals surface area contributed by atoms with E-state index in [0.29, 0.717) is 12.2 Å². The van der Waals surface area contributed by atoms with E-state index in [1.54, 1.807) is 6.20 Å². The van der Waals surface area contributed by atoms with E-state index in [2.05, 4.69) is 15.6 Å². The molecule has 3 rings (SSSR count). The van der Waals surface area contributed by atoms with Crippen LogP contribution in [-0.4, -0.2) is 52.2 Å². The van der Waals surface area contributed by atoms with E-state index in [1.165, 1.54) is 11.8 Å². The Morgan fingerprint density at radius 3 is 2.48 bits per heavy atom. The van der Waals surface area contributed by atoms with Crippen molar-refractivity contribution in [1.29, 1.82) is 0 Å². The summed E-state index contributed by atoms with van der Waals surface area (Å²) in [5.74, 6) is -1.10. The Balaban J connectivity index is 1.63. The predicted molar refractivity (Wildman–Crippen MR) is 128 cm³/mol. The number of para-hydroxylation sites is 1. The second-order valence-corrected chi connectivity index (χ2v) is 8.49. The largest absolute Gasteiger partial charge is 0.480 e. The topological polar surface area (TPSA) is 121 Å². The molecule has 1 heterocycles. The van der Waals surface area contributed by atoms with Crippen LogP contribution in [0.1, 0.15) is 17.5 Å². The minimum absolute atomic E-state index is 0.0713. The van der Waals surface area contributed by atoms with Crippen LogP contribution in [0.15, 0.2) is 60.8 Å². The van der Waals surface area contributed by atoms with E-state index >= 15 is 0 Å². The van der Waals surface area contributed by atoms with Gasteiger partial charge in [-0.3, -0.25) is 4.79 Å². The van der Waals surface area contributed by atoms with Gasteiger partial charge in [0.25, 0.3) is 0 Å². The van der Waals surface area contributed by atoms with Crippen molar-refractivity contribution < 1.29 is 24.2 Å². The van der Waals surface area contributed by atoms with Gasteiger partial charge >= 0.3 is 12.1 Å². The van der Waals surface area contributed by atoms with Gasteiger partial charge in [0, 0.05) is 23.5 Å². The summed E-state index contributed by atoms with van der Waals surface area (Å²) >= 11 is 1.52. The number of ether oxygens (including phenoxy) is 1. The number of carboxylic acids is 1. The zero-order chi connectivity index (χ0) is 23.6. The number of carbonyl (C=O) groups is 3. The number of rotatable bonds is 11. The molecule has 0 aliphatic heterocycles. The van der Waals surface area contributed by atoms with Gasteiger partial charge in [-0.2, -0.15) is 11.8 Å². The Bertz CT molecular complexity index is 1090. The van der Waals surface area contributed by atoms with Crippen molar-refractivity contribution in [2.24, 2.45) is 0 Å². The summed E-state index contributed by atoms with van der Waals surface area (Å²) in [4.78, 5) is 40.2. The molecule has 3 aromatic rings. The minimum Gasteiger partial charge on any atom is -0.480 e. The minimum atomic E-state index is -1.15. The van der Waals surface area contributed by atoms with Crippen LogP contribution in [0, 0.1) is 0 Å². The molecular weight excluding hydrogens is 442 g/mol. The van der Waals surface area contributed by atoms with Crippen molar-refractivity contribution >= 4 is 40.6 Å². The quantitative estimate of drug-likeness (QED) is 0.342. The van der Waals surface area contributed by atoms with E-state index < -0.39 is 30.1 Å². The highest BCUT2D eigenvalue weighted by Crippen LogP contribution is 2.19. The number of thioether (sulfide) groups is 1. The first-order valence-electron chi connectivity index (χ1n) is 10.5. The van der Waals surface area contributed by atoms with Crippen LogP contribution in [0.5, 0.6) is 0 Å². The zero-order valence-electron chi connectivity index (χ0n) is 18.2. The Labute approximate surface area is 196 Å². The first kappa shape index (κ1) is 24.2. The van der Waals surface area contributed by atoms with Gasteiger partial charge in [0.05, 0.1) is 0 Å². The highest BCUT2D eigenvalue weighted by atomic mass is 32.2. The molecule has 0 saturated carbocycles. The standard InChI is InChI=1S/C24H27N3O5S/c1-33-12-11-20(27-24(31)32-15-16-7-3-2-4-8-16)22(28)26-21(23(29)30)13-17-14-25-19-10-6-5-9-18(17)19/h2-10,14,20-21,25H,11-13,15H2,1H3,(H,26,28)(H,27,31)(H,29,30)/t20-,21-/m1/s1. The molecule has 2 atom stereocenters. The molecule has 33 heavy (non-hydrogen) atoms. The van der Waals surface area contributed by atoms with E-state index in [1.807, 2.05) is 60.9 Å². The summed E-state index contributed by atoms with van der Waals surface area (Å²) in [6.07, 6.45) is 3.35. The SMILES string of the molecule is CSCC[C@@H](NC(=O)OCc1ccccc1)C(=O)N[C@H](Cc1c[nH]c2ccccc12)C(=O)O. The lowest BCUT2D eigenvalue weighted by atomic mass is 10.0. The molecule has 0 aliphatic carbocycles. The first-order chi connectivity index (χ1) is 16.0. The van der Waals surface area contributed by atoms with Gasteiger partial charge < -0.3 is 25.5 Å². The van der Waals surface area contributed by atoms with Gasteiger partial charge in [-0.1, -0.05) is 48.5 Å². The highest BCUT2D eigenvalue weighted by molar-refractivity contribution is 7.98. The van der Waals surface area contributed by atoms with E-state index in [-0.39, 0.29) is 13.0 Å². The van der Waals surface area contributed by atoms with Gasteiger partial charge in [0.15, 0.2) is 0 Å². The zero-order valence-corrected chi connectivity index (χ0v) is 19.1. The summed E-state index contributed by atoms with van der Waals surface area (Å²) in [5.41, 5.74) is 2.50. The summed E-state index contributed by atoms with van der Waals surface area (Å²) in [6.45, 7) is 0.0713. The number of fused-ring (bicyclic) bond motifs is 1. The molecule has 0 bridgehead atoms. The normalized spacial score (nSPS) is 12.6. The van der Waals surface area contributed by atoms with Crippen LogP contribution in [0.2, 0.25) is 0 Å². The molecule has 0 radical (unpaired) electrons. The number of alkyl carbamates (subject to hydrolysis) is 1. The number of aromatic amines is 1. The lowest BCUT2D eigenvalue weighted by Gasteiger charge is -2.21. The van der Waals surface area contributed by atoms with Crippen LogP contribution in [0.4, 0.5) is 4.79 Å². The van der Waals surface area contributed by atoms with Gasteiger partial charge in [-0.15, -0.1) is 0 Å². The third-order valence-corrected chi connectivity index (χ3v) is 5.79. The molecule has 0 saturated heterocycles. The van der Waals surface area contributed by atoms with Crippen molar-refractivity contribution in [3.05, 3.63) is 71.9 Å². The molecule has 0 fully saturated rings. The maximum absolute atomic E-state index is 12.9. The Hall–Kier alpha value is -3.46. The van der Waals surface area contributed by atoms with Gasteiger partial charge in [-0.25, -0.2) is 9.59 Å². The molecule has 8 nitrogen and oxygen atoms in total. The summed E-state index contributed by atoms with van der Waals surface area (Å²) in [5, 5.41) is 15.7. The van der Waals surface area contributed by atoms with Crippen molar-refractivity contribution in [2.45, 2.75) is 31.5 Å². The maximum atomic E-state index is 12.9. The molecule has 0 unspecified atom stereocenters. The third kappa shape index (κ3) is 7.01. The number of aromatic nitrogens is 1. The fourth-order valence-corrected chi connectivity index (χ4v) is 3.88. The van der Waals surface area contributed by atoms with Crippen molar-refractivity contribution in [2.75, 3.05) is 12.0 Å². The number of carbonyl (C=O) groups excluding carboxylic acids is 2. The number of aliphatic carboxylic acids is 1. The molecule has 2 aromatic carbocycles. The second kappa shape index (κ2) is 12.0. The fourth-order valence-electron chi connectivity index (χ4n) is 3.40. The average molecular weight is 470 g/mol. The average Bonchev–Trinajstić information content (AvgIpc) is 3.23. The summed E-state index contributed by atoms with van der Waals surface area (Å²) in [7, 11) is 0. The van der Waals surface area contributed by atoms with Gasteiger partial charge in [0.1, 0.15) is 18.7 Å². The van der Waals surface area contributed by atoms with Gasteiger partial charge in [-0.05, 0) is 35.6 Å². The van der Waals surface area contributed by atoms with Crippen LogP contribution in [-0.2, 0) is 27.4 Å². The van der Waals surface area contributed by atoms with Gasteiger partial charge in [0.2, 0.25) is 5.91 Å². The van der Waals surface area contributed by atoms with Crippen LogP contribution < -0.4 is 10.6 Å². The van der Waals surface area contributed by atoms with Crippen molar-refractivity contribution in [3.63, 3.8) is 0 Å². The van der Waals surface area contributed by atoms with Crippen molar-refractivity contribution in [3.8, 4) is 0 Å². The van der Waals surface area contributed by atoms with Crippen LogP contribution in [0.25, 0.3) is 10.9 Å². The molecular formula is C24H27N3O5S. The number of benzene rings is 2. The van der Waals surface area contributed by atoms with Crippen LogP contribution in [0.3, 0.4) is 0 Å². The Morgan fingerprint density at radius 2 is 1.76 bits per heavy atom. The molecule has 174 valence electrons. The lowest BCUT2D eigenvalue weighted by molar-refractivity contribution is -0.142. The van der Waals surface area contributed by atoms with Crippen LogP contribution >= 0.6 is 11.8 Å². The van der Waals surface area contributed by atoms with Crippen molar-refractivity contribution in [1.82, 2.24) is 15.6 Å². The Morgan fingerprint density at radius 1 is 1.03 bits per heavy atom. The fraction of sp³-hybridized carbons (Fsp3) is 0.292. The number of H-pyrrole nitrogens is 1. The van der Waals surface area contributed by atoms with E-state index in [0.717, 1.165) is 22.0 Å². The predicted octanol–water partition coefficient (Wildman–Crippen LogP) is 3.33. The number of amides is 2. The molecule has 9 heteroatoms. The smallest absolute Gasteiger partial charge is 0.408 e. The number of carboxylic acid groups (broad SMARTS) is 1. The summed E-state index contributed by atoms with van der Waals surface area (Å²) < 4.78 is 5.22. The van der Waals surface area contributed by atoms with E-state index in [9.17, 15) is 19.5 Å². The second-order valence-electron chi connectivity index (χ2n) is 7.50. The lowest BCUT2D eigenvalue weighted by Crippen LogP contribution is -2.52. The third-order valence-electron chi connectivity index (χ3n) is 5.15. The molecule has 2 amide bonds. The summed E-state index contributed by atoms with van der Waals surface area (Å²) in [6, 6.07) is 14.7. The Kier molecular flexibility index (Phi) is 8.77. The molecule has 1 aromatic heterocycles. The number of hydrogen-bond acceptors (Lipinski definition) is 5.